The molecule has 8 nitrogen and oxygen atoms in total. The minimum atomic E-state index is -1.08. The minimum Gasteiger partial charge on any atom is -0.491 e. The van der Waals surface area contributed by atoms with E-state index in [9.17, 15) is 9.59 Å². The monoisotopic (exact) mass is 364 g/mol. The minimum absolute atomic E-state index is 0.270. The fourth-order valence-electron chi connectivity index (χ4n) is 1.88. The standard InChI is InChI=1S/C16H17ClN4O4/c17-11-5-6-13(25-9-3-8-19-16(23)24)12(10-11)20-15(22)21-14-4-1-2-7-18-14/h1-2,4-7,10,19H,3,8-9H2,(H,23,24)(H2,18,20,21,22). The Kier molecular flexibility index (Phi) is 6.85. The number of benzene rings is 1. The molecule has 0 aliphatic rings. The molecule has 0 aliphatic heterocycles. The highest BCUT2D eigenvalue weighted by molar-refractivity contribution is 6.31. The van der Waals surface area contributed by atoms with Crippen LogP contribution in [0.15, 0.2) is 42.6 Å². The Morgan fingerprint density at radius 2 is 2.04 bits per heavy atom. The van der Waals surface area contributed by atoms with E-state index in [1.165, 1.54) is 0 Å². The third-order valence-corrected chi connectivity index (χ3v) is 3.19. The molecule has 0 unspecified atom stereocenters. The van der Waals surface area contributed by atoms with Gasteiger partial charge in [-0.2, -0.15) is 0 Å². The van der Waals surface area contributed by atoms with Crippen LogP contribution in [0.1, 0.15) is 6.42 Å². The van der Waals surface area contributed by atoms with E-state index in [0.29, 0.717) is 28.7 Å². The van der Waals surface area contributed by atoms with Gasteiger partial charge < -0.3 is 20.5 Å². The number of carbonyl (C=O) groups is 2. The molecule has 0 aliphatic carbocycles. The average molecular weight is 365 g/mol. The number of hydrogen-bond donors (Lipinski definition) is 4. The zero-order chi connectivity index (χ0) is 18.1. The summed E-state index contributed by atoms with van der Waals surface area (Å²) in [7, 11) is 0. The van der Waals surface area contributed by atoms with Crippen molar-refractivity contribution in [3.05, 3.63) is 47.6 Å². The summed E-state index contributed by atoms with van der Waals surface area (Å²) in [6.07, 6.45) is 0.962. The molecule has 1 aromatic carbocycles. The van der Waals surface area contributed by atoms with E-state index in [0.717, 1.165) is 0 Å². The summed E-state index contributed by atoms with van der Waals surface area (Å²) in [6.45, 7) is 0.546. The molecule has 9 heteroatoms. The first-order valence-corrected chi connectivity index (χ1v) is 7.80. The topological polar surface area (TPSA) is 113 Å². The van der Waals surface area contributed by atoms with Gasteiger partial charge in [0.15, 0.2) is 0 Å². The smallest absolute Gasteiger partial charge is 0.404 e. The molecule has 2 aromatic rings. The molecule has 1 aromatic heterocycles. The van der Waals surface area contributed by atoms with Gasteiger partial charge in [-0.15, -0.1) is 0 Å². The van der Waals surface area contributed by atoms with E-state index in [1.807, 2.05) is 0 Å². The van der Waals surface area contributed by atoms with Crippen LogP contribution < -0.4 is 20.7 Å². The van der Waals surface area contributed by atoms with Gasteiger partial charge in [0.2, 0.25) is 0 Å². The first-order chi connectivity index (χ1) is 12.0. The van der Waals surface area contributed by atoms with Crippen LogP contribution in [-0.4, -0.2) is 35.4 Å². The summed E-state index contributed by atoms with van der Waals surface area (Å²) in [5, 5.41) is 16.4. The van der Waals surface area contributed by atoms with Gasteiger partial charge in [0.05, 0.1) is 12.3 Å². The maximum atomic E-state index is 12.1. The maximum Gasteiger partial charge on any atom is 0.404 e. The lowest BCUT2D eigenvalue weighted by molar-refractivity contribution is 0.193. The predicted molar refractivity (Wildman–Crippen MR) is 94.5 cm³/mol. The van der Waals surface area contributed by atoms with Crippen molar-refractivity contribution in [3.8, 4) is 5.75 Å². The molecule has 2 rings (SSSR count). The van der Waals surface area contributed by atoms with Crippen LogP contribution in [0.5, 0.6) is 5.75 Å². The van der Waals surface area contributed by atoms with Gasteiger partial charge in [-0.25, -0.2) is 14.6 Å². The third kappa shape index (κ3) is 6.56. The second-order valence-corrected chi connectivity index (χ2v) is 5.30. The number of rotatable bonds is 7. The van der Waals surface area contributed by atoms with Gasteiger partial charge >= 0.3 is 12.1 Å². The van der Waals surface area contributed by atoms with Crippen molar-refractivity contribution < 1.29 is 19.4 Å². The lowest BCUT2D eigenvalue weighted by Gasteiger charge is -2.13. The Morgan fingerprint density at radius 1 is 1.20 bits per heavy atom. The van der Waals surface area contributed by atoms with Crippen LogP contribution in [-0.2, 0) is 0 Å². The molecule has 25 heavy (non-hydrogen) atoms. The van der Waals surface area contributed by atoms with Crippen molar-refractivity contribution >= 4 is 35.2 Å². The summed E-state index contributed by atoms with van der Waals surface area (Å²) in [5.74, 6) is 0.833. The summed E-state index contributed by atoms with van der Waals surface area (Å²) in [4.78, 5) is 26.4. The van der Waals surface area contributed by atoms with Crippen LogP contribution in [0.2, 0.25) is 5.02 Å². The fraction of sp³-hybridized carbons (Fsp3) is 0.188. The van der Waals surface area contributed by atoms with Gasteiger partial charge in [0.1, 0.15) is 11.6 Å². The van der Waals surface area contributed by atoms with Crippen LogP contribution >= 0.6 is 11.6 Å². The van der Waals surface area contributed by atoms with Crippen molar-refractivity contribution in [2.45, 2.75) is 6.42 Å². The van der Waals surface area contributed by atoms with E-state index in [4.69, 9.17) is 21.4 Å². The Morgan fingerprint density at radius 3 is 2.76 bits per heavy atom. The molecule has 0 radical (unpaired) electrons. The second-order valence-electron chi connectivity index (χ2n) is 4.87. The highest BCUT2D eigenvalue weighted by atomic mass is 35.5. The summed E-state index contributed by atoms with van der Waals surface area (Å²) < 4.78 is 5.58. The molecule has 0 spiro atoms. The molecule has 0 atom stereocenters. The summed E-state index contributed by atoms with van der Waals surface area (Å²) in [5.41, 5.74) is 0.395. The first kappa shape index (κ1) is 18.3. The lowest BCUT2D eigenvalue weighted by atomic mass is 10.3. The molecule has 0 bridgehead atoms. The third-order valence-electron chi connectivity index (χ3n) is 2.95. The van der Waals surface area contributed by atoms with Gasteiger partial charge in [0, 0.05) is 17.8 Å². The number of nitrogens with one attached hydrogen (secondary N) is 3. The van der Waals surface area contributed by atoms with Crippen LogP contribution in [0.3, 0.4) is 0 Å². The zero-order valence-corrected chi connectivity index (χ0v) is 13.9. The van der Waals surface area contributed by atoms with Crippen molar-refractivity contribution in [2.75, 3.05) is 23.8 Å². The Bertz CT molecular complexity index is 727. The number of halogens is 1. The molecular weight excluding hydrogens is 348 g/mol. The predicted octanol–water partition coefficient (Wildman–Crippen LogP) is 3.42. The molecule has 132 valence electrons. The average Bonchev–Trinajstić information content (AvgIpc) is 2.57. The maximum absolute atomic E-state index is 12.1. The largest absolute Gasteiger partial charge is 0.491 e. The van der Waals surface area contributed by atoms with Crippen LogP contribution in [0.25, 0.3) is 0 Å². The molecule has 4 N–H and O–H groups in total. The van der Waals surface area contributed by atoms with Gasteiger partial charge in [-0.1, -0.05) is 17.7 Å². The van der Waals surface area contributed by atoms with Gasteiger partial charge in [0.25, 0.3) is 0 Å². The molecular formula is C16H17ClN4O4. The van der Waals surface area contributed by atoms with Crippen LogP contribution in [0, 0.1) is 0 Å². The molecule has 0 fully saturated rings. The van der Waals surface area contributed by atoms with E-state index < -0.39 is 12.1 Å². The van der Waals surface area contributed by atoms with E-state index >= 15 is 0 Å². The van der Waals surface area contributed by atoms with Crippen LogP contribution in [0.4, 0.5) is 21.1 Å². The number of amides is 3. The molecule has 1 heterocycles. The number of ether oxygens (including phenoxy) is 1. The van der Waals surface area contributed by atoms with E-state index in [2.05, 4.69) is 20.9 Å². The SMILES string of the molecule is O=C(O)NCCCOc1ccc(Cl)cc1NC(=O)Nc1ccccn1. The number of nitrogens with zero attached hydrogens (tertiary/aromatic N) is 1. The highest BCUT2D eigenvalue weighted by Gasteiger charge is 2.10. The molecule has 0 saturated heterocycles. The number of urea groups is 1. The normalized spacial score (nSPS) is 9.96. The lowest BCUT2D eigenvalue weighted by Crippen LogP contribution is -2.23. The van der Waals surface area contributed by atoms with Gasteiger partial charge in [-0.3, -0.25) is 5.32 Å². The summed E-state index contributed by atoms with van der Waals surface area (Å²) >= 11 is 5.96. The van der Waals surface area contributed by atoms with Crippen molar-refractivity contribution in [2.24, 2.45) is 0 Å². The number of hydrogen-bond acceptors (Lipinski definition) is 4. The van der Waals surface area contributed by atoms with Gasteiger partial charge in [-0.05, 0) is 36.8 Å². The van der Waals surface area contributed by atoms with E-state index in [-0.39, 0.29) is 13.2 Å². The fourth-order valence-corrected chi connectivity index (χ4v) is 2.05. The Balaban J connectivity index is 1.93. The first-order valence-electron chi connectivity index (χ1n) is 7.43. The van der Waals surface area contributed by atoms with E-state index in [1.54, 1.807) is 42.6 Å². The number of pyridine rings is 1. The second kappa shape index (κ2) is 9.33. The summed E-state index contributed by atoms with van der Waals surface area (Å²) in [6, 6.07) is 9.48. The quantitative estimate of drug-likeness (QED) is 0.562. The van der Waals surface area contributed by atoms with Crippen molar-refractivity contribution in [1.82, 2.24) is 10.3 Å². The van der Waals surface area contributed by atoms with Crippen molar-refractivity contribution in [3.63, 3.8) is 0 Å². The van der Waals surface area contributed by atoms with Crippen molar-refractivity contribution in [1.29, 1.82) is 0 Å². The Labute approximate surface area is 149 Å². The number of carboxylic acid groups (broad SMARTS) is 1. The number of anilines is 2. The zero-order valence-electron chi connectivity index (χ0n) is 13.2. The molecule has 0 saturated carbocycles. The number of aromatic nitrogens is 1. The highest BCUT2D eigenvalue weighted by Crippen LogP contribution is 2.28. The molecule has 3 amide bonds. The Hall–Kier alpha value is -3.00. The number of carbonyl (C=O) groups excluding carboxylic acids is 1.